The van der Waals surface area contributed by atoms with E-state index in [4.69, 9.17) is 5.73 Å². The van der Waals surface area contributed by atoms with E-state index >= 15 is 0 Å². The van der Waals surface area contributed by atoms with Crippen LogP contribution in [-0.4, -0.2) is 23.3 Å². The molecule has 3 N–H and O–H groups in total. The highest BCUT2D eigenvalue weighted by molar-refractivity contribution is 8.00. The van der Waals surface area contributed by atoms with Gasteiger partial charge in [0.2, 0.25) is 11.8 Å². The van der Waals surface area contributed by atoms with Gasteiger partial charge in [-0.15, -0.1) is 11.8 Å². The summed E-state index contributed by atoms with van der Waals surface area (Å²) in [7, 11) is 0. The maximum Gasteiger partial charge on any atom is 0.230 e. The minimum atomic E-state index is -0.711. The molecule has 4 nitrogen and oxygen atoms in total. The van der Waals surface area contributed by atoms with Crippen molar-refractivity contribution in [2.45, 2.75) is 13.0 Å². The first-order chi connectivity index (χ1) is 8.90. The molecule has 0 bridgehead atoms. The molecule has 0 heterocycles. The lowest BCUT2D eigenvalue weighted by Crippen LogP contribution is -2.29. The zero-order chi connectivity index (χ0) is 14.4. The summed E-state index contributed by atoms with van der Waals surface area (Å²) in [6, 6.07) is 2.59. The Labute approximate surface area is 113 Å². The van der Waals surface area contributed by atoms with Crippen LogP contribution in [0.4, 0.5) is 8.78 Å². The fraction of sp³-hybridized carbons (Fsp3) is 0.333. The molecule has 1 aromatic rings. The fourth-order valence-corrected chi connectivity index (χ4v) is 2.03. The number of benzene rings is 1. The molecule has 0 fully saturated rings. The normalized spacial score (nSPS) is 11.9. The Morgan fingerprint density at radius 2 is 2.05 bits per heavy atom. The minimum Gasteiger partial charge on any atom is -0.369 e. The van der Waals surface area contributed by atoms with Crippen molar-refractivity contribution < 1.29 is 18.4 Å². The number of amides is 2. The molecule has 0 aliphatic rings. The van der Waals surface area contributed by atoms with Crippen molar-refractivity contribution in [2.75, 3.05) is 11.5 Å². The van der Waals surface area contributed by atoms with Gasteiger partial charge in [-0.05, 0) is 13.0 Å². The zero-order valence-electron chi connectivity index (χ0n) is 10.3. The quantitative estimate of drug-likeness (QED) is 0.830. The number of carbonyl (C=O) groups excluding carboxylic acids is 2. The van der Waals surface area contributed by atoms with Crippen molar-refractivity contribution in [1.82, 2.24) is 5.32 Å². The summed E-state index contributed by atoms with van der Waals surface area (Å²) in [5, 5.41) is 2.56. The molecule has 0 saturated heterocycles. The SMILES string of the molecule is CC(NC(=O)CSCC(N)=O)c1ccc(F)cc1F. The summed E-state index contributed by atoms with van der Waals surface area (Å²) in [6.45, 7) is 1.59. The molecule has 0 saturated carbocycles. The van der Waals surface area contributed by atoms with Gasteiger partial charge in [0.1, 0.15) is 11.6 Å². The van der Waals surface area contributed by atoms with Crippen LogP contribution in [-0.2, 0) is 9.59 Å². The van der Waals surface area contributed by atoms with E-state index in [0.29, 0.717) is 0 Å². The topological polar surface area (TPSA) is 72.2 Å². The number of hydrogen-bond donors (Lipinski definition) is 2. The molecule has 1 aromatic carbocycles. The molecular weight excluding hydrogens is 274 g/mol. The third-order valence-corrected chi connectivity index (χ3v) is 3.24. The van der Waals surface area contributed by atoms with Crippen LogP contribution in [0.5, 0.6) is 0 Å². The number of nitrogens with one attached hydrogen (secondary N) is 1. The van der Waals surface area contributed by atoms with Crippen LogP contribution < -0.4 is 11.1 Å². The van der Waals surface area contributed by atoms with Gasteiger partial charge in [0, 0.05) is 11.6 Å². The number of halogens is 2. The van der Waals surface area contributed by atoms with E-state index in [1.165, 1.54) is 6.07 Å². The zero-order valence-corrected chi connectivity index (χ0v) is 11.1. The van der Waals surface area contributed by atoms with Crippen molar-refractivity contribution in [3.05, 3.63) is 35.4 Å². The third kappa shape index (κ3) is 5.25. The summed E-state index contributed by atoms with van der Waals surface area (Å²) >= 11 is 1.07. The van der Waals surface area contributed by atoms with E-state index in [0.717, 1.165) is 23.9 Å². The molecule has 0 aliphatic heterocycles. The van der Waals surface area contributed by atoms with Gasteiger partial charge < -0.3 is 11.1 Å². The highest BCUT2D eigenvalue weighted by Crippen LogP contribution is 2.17. The van der Waals surface area contributed by atoms with Crippen LogP contribution in [0, 0.1) is 11.6 Å². The molecule has 104 valence electrons. The number of carbonyl (C=O) groups is 2. The van der Waals surface area contributed by atoms with Crippen LogP contribution in [0.3, 0.4) is 0 Å². The largest absolute Gasteiger partial charge is 0.369 e. The van der Waals surface area contributed by atoms with Crippen molar-refractivity contribution in [1.29, 1.82) is 0 Å². The maximum absolute atomic E-state index is 13.5. The van der Waals surface area contributed by atoms with Gasteiger partial charge in [-0.3, -0.25) is 9.59 Å². The number of thioether (sulfide) groups is 1. The second-order valence-corrected chi connectivity index (χ2v) is 4.90. The van der Waals surface area contributed by atoms with Gasteiger partial charge in [0.15, 0.2) is 0 Å². The molecule has 2 amide bonds. The van der Waals surface area contributed by atoms with E-state index in [2.05, 4.69) is 5.32 Å². The number of nitrogens with two attached hydrogens (primary N) is 1. The highest BCUT2D eigenvalue weighted by Gasteiger charge is 2.14. The number of primary amides is 1. The van der Waals surface area contributed by atoms with Gasteiger partial charge in [0.05, 0.1) is 17.5 Å². The van der Waals surface area contributed by atoms with Crippen molar-refractivity contribution in [3.8, 4) is 0 Å². The smallest absolute Gasteiger partial charge is 0.230 e. The molecule has 1 unspecified atom stereocenters. The molecule has 1 atom stereocenters. The third-order valence-electron chi connectivity index (χ3n) is 2.28. The van der Waals surface area contributed by atoms with Crippen LogP contribution in [0.1, 0.15) is 18.5 Å². The van der Waals surface area contributed by atoms with Crippen LogP contribution >= 0.6 is 11.8 Å². The Kier molecular flexibility index (Phi) is 5.75. The van der Waals surface area contributed by atoms with Crippen LogP contribution in [0.2, 0.25) is 0 Å². The molecule has 0 aromatic heterocycles. The second-order valence-electron chi connectivity index (χ2n) is 3.91. The Bertz CT molecular complexity index is 483. The molecular formula is C12H14F2N2O2S. The Balaban J connectivity index is 2.52. The highest BCUT2D eigenvalue weighted by atomic mass is 32.2. The van der Waals surface area contributed by atoms with Gasteiger partial charge in [-0.1, -0.05) is 6.07 Å². The Morgan fingerprint density at radius 3 is 2.63 bits per heavy atom. The number of hydrogen-bond acceptors (Lipinski definition) is 3. The van der Waals surface area contributed by atoms with E-state index < -0.39 is 23.6 Å². The number of rotatable bonds is 6. The molecule has 0 aliphatic carbocycles. The molecule has 1 rings (SSSR count). The first-order valence-electron chi connectivity index (χ1n) is 5.50. The monoisotopic (exact) mass is 288 g/mol. The predicted octanol–water partition coefficient (Wildman–Crippen LogP) is 1.36. The lowest BCUT2D eigenvalue weighted by molar-refractivity contribution is -0.119. The maximum atomic E-state index is 13.5. The molecule has 0 spiro atoms. The lowest BCUT2D eigenvalue weighted by atomic mass is 10.1. The summed E-state index contributed by atoms with van der Waals surface area (Å²) in [4.78, 5) is 22.0. The summed E-state index contributed by atoms with van der Waals surface area (Å²) < 4.78 is 26.2. The van der Waals surface area contributed by atoms with Crippen molar-refractivity contribution >= 4 is 23.6 Å². The summed E-state index contributed by atoms with van der Waals surface area (Å²) in [5.74, 6) is -2.13. The van der Waals surface area contributed by atoms with Gasteiger partial charge in [-0.25, -0.2) is 8.78 Å². The Hall–Kier alpha value is -1.63. The molecule has 0 radical (unpaired) electrons. The second kappa shape index (κ2) is 7.08. The first kappa shape index (κ1) is 15.4. The fourth-order valence-electron chi connectivity index (χ4n) is 1.46. The van der Waals surface area contributed by atoms with Gasteiger partial charge in [-0.2, -0.15) is 0 Å². The minimum absolute atomic E-state index is 0.0483. The van der Waals surface area contributed by atoms with E-state index in [1.807, 2.05) is 0 Å². The predicted molar refractivity (Wildman–Crippen MR) is 69.4 cm³/mol. The summed E-state index contributed by atoms with van der Waals surface area (Å²) in [6.07, 6.45) is 0. The Morgan fingerprint density at radius 1 is 1.37 bits per heavy atom. The van der Waals surface area contributed by atoms with Gasteiger partial charge in [0.25, 0.3) is 0 Å². The van der Waals surface area contributed by atoms with Crippen molar-refractivity contribution in [2.24, 2.45) is 5.73 Å². The first-order valence-corrected chi connectivity index (χ1v) is 6.66. The van der Waals surface area contributed by atoms with E-state index in [-0.39, 0.29) is 23.0 Å². The van der Waals surface area contributed by atoms with E-state index in [9.17, 15) is 18.4 Å². The lowest BCUT2D eigenvalue weighted by Gasteiger charge is -2.14. The van der Waals surface area contributed by atoms with Crippen molar-refractivity contribution in [3.63, 3.8) is 0 Å². The summed E-state index contributed by atoms with van der Waals surface area (Å²) in [5.41, 5.74) is 5.13. The average molecular weight is 288 g/mol. The van der Waals surface area contributed by atoms with E-state index in [1.54, 1.807) is 6.92 Å². The average Bonchev–Trinajstić information content (AvgIpc) is 2.27. The van der Waals surface area contributed by atoms with Crippen LogP contribution in [0.25, 0.3) is 0 Å². The standard InChI is InChI=1S/C12H14F2N2O2S/c1-7(9-3-2-8(13)4-10(9)14)16-12(18)6-19-5-11(15)17/h2-4,7H,5-6H2,1H3,(H2,15,17)(H,16,18). The van der Waals surface area contributed by atoms with Gasteiger partial charge >= 0.3 is 0 Å². The molecule has 19 heavy (non-hydrogen) atoms. The van der Waals surface area contributed by atoms with Crippen LogP contribution in [0.15, 0.2) is 18.2 Å². The molecule has 7 heteroatoms.